The van der Waals surface area contributed by atoms with Gasteiger partial charge >= 0.3 is 11.9 Å². The molecule has 14 heteroatoms. The van der Waals surface area contributed by atoms with Gasteiger partial charge in [-0.1, -0.05) is 25.7 Å². The second kappa shape index (κ2) is 12.7. The zero-order valence-corrected chi connectivity index (χ0v) is 28.9. The van der Waals surface area contributed by atoms with Crippen molar-refractivity contribution in [2.75, 3.05) is 19.7 Å². The van der Waals surface area contributed by atoms with Crippen molar-refractivity contribution in [2.24, 2.45) is 16.3 Å². The van der Waals surface area contributed by atoms with Crippen LogP contribution < -0.4 is 5.32 Å². The Bertz CT molecular complexity index is 1620. The van der Waals surface area contributed by atoms with Crippen molar-refractivity contribution in [2.45, 2.75) is 76.5 Å². The van der Waals surface area contributed by atoms with Crippen LogP contribution in [0.2, 0.25) is 25.7 Å². The molecule has 3 aliphatic rings. The van der Waals surface area contributed by atoms with E-state index in [1.54, 1.807) is 31.5 Å². The third kappa shape index (κ3) is 7.08. The molecular weight excluding hydrogens is 636 g/mol. The minimum atomic E-state index is -3.66. The van der Waals surface area contributed by atoms with Crippen molar-refractivity contribution >= 4 is 47.2 Å². The summed E-state index contributed by atoms with van der Waals surface area (Å²) in [7, 11) is -5.01. The maximum absolute atomic E-state index is 14.0. The monoisotopic (exact) mass is 676 g/mol. The van der Waals surface area contributed by atoms with E-state index < -0.39 is 46.6 Å². The molecule has 1 saturated heterocycles. The standard InChI is InChI=1S/C31H41FN4O6S2Si/c1-19-16-21(32)6-7-23(19)26-24(29(37)38)25(34-27(35-26)28-33-10-14-43-28)20-8-11-36(12-9-20)44(40,41)22-17-31(2,18-22)30(39)42-13-15-45(3,4)5/h6-7,10,14,16,20,22,26H,8-9,11-13,15,17-18H2,1-5H3,(H,34,35)(H,37,38). The zero-order valence-electron chi connectivity index (χ0n) is 26.3. The summed E-state index contributed by atoms with van der Waals surface area (Å²) in [5.41, 5.74) is 0.894. The molecule has 1 atom stereocenters. The van der Waals surface area contributed by atoms with Crippen molar-refractivity contribution < 1.29 is 32.2 Å². The highest BCUT2D eigenvalue weighted by Crippen LogP contribution is 2.47. The minimum absolute atomic E-state index is 0.0636. The Kier molecular flexibility index (Phi) is 9.42. The van der Waals surface area contributed by atoms with Gasteiger partial charge in [-0.05, 0) is 68.8 Å². The number of carbonyl (C=O) groups is 2. The third-order valence-electron chi connectivity index (χ3n) is 9.04. The number of esters is 1. The fraction of sp³-hybridized carbons (Fsp3) is 0.548. The molecule has 0 radical (unpaired) electrons. The van der Waals surface area contributed by atoms with Gasteiger partial charge in [0.05, 0.1) is 22.8 Å². The number of carboxylic acid groups (broad SMARTS) is 1. The van der Waals surface area contributed by atoms with Crippen LogP contribution >= 0.6 is 11.3 Å². The van der Waals surface area contributed by atoms with Crippen LogP contribution in [0.5, 0.6) is 0 Å². The fourth-order valence-electron chi connectivity index (χ4n) is 6.30. The molecule has 3 heterocycles. The quantitative estimate of drug-likeness (QED) is 0.262. The van der Waals surface area contributed by atoms with Gasteiger partial charge in [0, 0.05) is 44.4 Å². The lowest BCUT2D eigenvalue weighted by molar-refractivity contribution is -0.159. The molecule has 2 aromatic rings. The number of aliphatic imine (C=N–C) groups is 1. The number of aromatic nitrogens is 1. The highest BCUT2D eigenvalue weighted by atomic mass is 32.2. The van der Waals surface area contributed by atoms with Gasteiger partial charge in [-0.3, -0.25) is 9.79 Å². The second-order valence-corrected chi connectivity index (χ2v) is 22.5. The number of nitrogens with zero attached hydrogens (tertiary/aromatic N) is 3. The molecular formula is C31H41FN4O6S2Si. The van der Waals surface area contributed by atoms with Crippen LogP contribution in [0, 0.1) is 24.1 Å². The number of allylic oxidation sites excluding steroid dienone is 1. The number of amidine groups is 1. The first kappa shape index (κ1) is 33.4. The van der Waals surface area contributed by atoms with Crippen LogP contribution in [-0.2, 0) is 24.3 Å². The predicted molar refractivity (Wildman–Crippen MR) is 174 cm³/mol. The summed E-state index contributed by atoms with van der Waals surface area (Å²) in [6.07, 6.45) is 2.90. The van der Waals surface area contributed by atoms with Gasteiger partial charge in [0.25, 0.3) is 0 Å². The number of aryl methyl sites for hydroxylation is 1. The van der Waals surface area contributed by atoms with Crippen LogP contribution in [-0.4, -0.2) is 73.6 Å². The fourth-order valence-corrected chi connectivity index (χ4v) is 9.90. The van der Waals surface area contributed by atoms with Crippen molar-refractivity contribution in [3.05, 3.63) is 63.0 Å². The van der Waals surface area contributed by atoms with Gasteiger partial charge in [0.15, 0.2) is 10.8 Å². The maximum Gasteiger partial charge on any atom is 0.335 e. The van der Waals surface area contributed by atoms with E-state index in [2.05, 4.69) is 29.9 Å². The summed E-state index contributed by atoms with van der Waals surface area (Å²) in [5.74, 6) is -1.74. The number of benzene rings is 1. The van der Waals surface area contributed by atoms with E-state index in [0.29, 0.717) is 47.1 Å². The smallest absolute Gasteiger partial charge is 0.335 e. The molecule has 5 rings (SSSR count). The van der Waals surface area contributed by atoms with Crippen molar-refractivity contribution in [3.8, 4) is 0 Å². The summed E-state index contributed by atoms with van der Waals surface area (Å²) in [6, 6.07) is 4.19. The number of nitrogens with one attached hydrogen (secondary N) is 1. The largest absolute Gasteiger partial charge is 0.478 e. The number of carbonyl (C=O) groups excluding carboxylic acids is 1. The van der Waals surface area contributed by atoms with E-state index in [1.807, 2.05) is 0 Å². The van der Waals surface area contributed by atoms with Crippen LogP contribution in [0.1, 0.15) is 54.8 Å². The Hall–Kier alpha value is -2.94. The normalized spacial score (nSPS) is 24.9. The summed E-state index contributed by atoms with van der Waals surface area (Å²) < 4.78 is 48.2. The highest BCUT2D eigenvalue weighted by Gasteiger charge is 2.54. The van der Waals surface area contributed by atoms with E-state index in [9.17, 15) is 27.5 Å². The Morgan fingerprint density at radius 3 is 2.49 bits per heavy atom. The molecule has 0 bridgehead atoms. The number of hydrogen-bond acceptors (Lipinski definition) is 9. The molecule has 1 aromatic heterocycles. The lowest BCUT2D eigenvalue weighted by atomic mass is 9.70. The molecule has 2 N–H and O–H groups in total. The topological polar surface area (TPSA) is 138 Å². The summed E-state index contributed by atoms with van der Waals surface area (Å²) in [6.45, 7) is 10.9. The molecule has 2 fully saturated rings. The van der Waals surface area contributed by atoms with Crippen LogP contribution in [0.4, 0.5) is 4.39 Å². The van der Waals surface area contributed by atoms with Gasteiger partial charge in [-0.15, -0.1) is 11.3 Å². The number of hydrogen-bond donors (Lipinski definition) is 2. The number of sulfonamides is 1. The molecule has 0 amide bonds. The lowest BCUT2D eigenvalue weighted by Gasteiger charge is -2.45. The van der Waals surface area contributed by atoms with Crippen LogP contribution in [0.25, 0.3) is 0 Å². The van der Waals surface area contributed by atoms with Crippen molar-refractivity contribution in [3.63, 3.8) is 0 Å². The Balaban J connectivity index is 1.31. The molecule has 2 aliphatic heterocycles. The molecule has 45 heavy (non-hydrogen) atoms. The number of carboxylic acids is 1. The van der Waals surface area contributed by atoms with Gasteiger partial charge in [-0.2, -0.15) is 0 Å². The van der Waals surface area contributed by atoms with E-state index in [-0.39, 0.29) is 43.4 Å². The SMILES string of the molecule is Cc1cc(F)ccc1C1N=C(c2nccs2)NC(C2CCN(S(=O)(=O)C3CC(C)(C(=O)OCC[Si](C)(C)C)C3)CC2)=C1C(=O)O. The van der Waals surface area contributed by atoms with Crippen molar-refractivity contribution in [1.82, 2.24) is 14.6 Å². The molecule has 1 aliphatic carbocycles. The summed E-state index contributed by atoms with van der Waals surface area (Å²) >= 11 is 1.36. The Labute approximate surface area is 268 Å². The highest BCUT2D eigenvalue weighted by molar-refractivity contribution is 7.89. The maximum atomic E-state index is 14.0. The van der Waals surface area contributed by atoms with Gasteiger partial charge in [0.2, 0.25) is 10.0 Å². The molecule has 1 unspecified atom stereocenters. The average Bonchev–Trinajstić information content (AvgIpc) is 3.49. The van der Waals surface area contributed by atoms with Crippen molar-refractivity contribution in [1.29, 1.82) is 0 Å². The Morgan fingerprint density at radius 2 is 1.91 bits per heavy atom. The van der Waals surface area contributed by atoms with Gasteiger partial charge in [-0.25, -0.2) is 26.9 Å². The first-order valence-electron chi connectivity index (χ1n) is 15.2. The molecule has 244 valence electrons. The second-order valence-electron chi connectivity index (χ2n) is 13.7. The number of aliphatic carboxylic acids is 1. The zero-order chi connectivity index (χ0) is 32.7. The minimum Gasteiger partial charge on any atom is -0.478 e. The molecule has 10 nitrogen and oxygen atoms in total. The summed E-state index contributed by atoms with van der Waals surface area (Å²) in [5, 5.41) is 15.4. The number of halogens is 1. The Morgan fingerprint density at radius 1 is 1.22 bits per heavy atom. The average molecular weight is 677 g/mol. The first-order chi connectivity index (χ1) is 21.1. The predicted octanol–water partition coefficient (Wildman–Crippen LogP) is 5.11. The van der Waals surface area contributed by atoms with Gasteiger partial charge in [0.1, 0.15) is 11.9 Å². The van der Waals surface area contributed by atoms with Crippen LogP contribution in [0.3, 0.4) is 0 Å². The van der Waals surface area contributed by atoms with Gasteiger partial charge < -0.3 is 15.2 Å². The van der Waals surface area contributed by atoms with E-state index in [4.69, 9.17) is 9.73 Å². The number of piperidine rings is 1. The van der Waals surface area contributed by atoms with E-state index >= 15 is 0 Å². The molecule has 1 saturated carbocycles. The van der Waals surface area contributed by atoms with E-state index in [1.165, 1.54) is 27.8 Å². The third-order valence-corrected chi connectivity index (χ3v) is 13.8. The molecule has 0 spiro atoms. The number of rotatable bonds is 10. The first-order valence-corrected chi connectivity index (χ1v) is 21.3. The lowest BCUT2D eigenvalue weighted by Crippen LogP contribution is -2.54. The number of ether oxygens (including phenoxy) is 1. The molecule has 1 aromatic carbocycles. The summed E-state index contributed by atoms with van der Waals surface area (Å²) in [4.78, 5) is 34.6. The van der Waals surface area contributed by atoms with E-state index in [0.717, 1.165) is 6.04 Å². The van der Waals surface area contributed by atoms with Crippen LogP contribution in [0.15, 0.2) is 46.0 Å². The number of thiazole rings is 1.